The first-order valence-electron chi connectivity index (χ1n) is 10.5. The van der Waals surface area contributed by atoms with E-state index in [1.807, 2.05) is 19.2 Å². The zero-order valence-corrected chi connectivity index (χ0v) is 17.8. The van der Waals surface area contributed by atoms with Crippen molar-refractivity contribution >= 4 is 27.7 Å². The lowest BCUT2D eigenvalue weighted by molar-refractivity contribution is 0.0950. The number of rotatable bonds is 5. The van der Waals surface area contributed by atoms with Crippen LogP contribution in [0.3, 0.4) is 0 Å². The van der Waals surface area contributed by atoms with Crippen LogP contribution in [0.15, 0.2) is 67.1 Å². The molecule has 0 bridgehead atoms. The van der Waals surface area contributed by atoms with Crippen LogP contribution in [0, 0.1) is 18.6 Å². The van der Waals surface area contributed by atoms with Crippen LogP contribution in [-0.4, -0.2) is 20.9 Å². The van der Waals surface area contributed by atoms with E-state index in [2.05, 4.69) is 20.3 Å². The largest absolute Gasteiger partial charge is 0.361 e. The van der Waals surface area contributed by atoms with Crippen molar-refractivity contribution in [3.63, 3.8) is 0 Å². The number of hydrogen-bond donors (Lipinski definition) is 2. The van der Waals surface area contributed by atoms with Crippen LogP contribution < -0.4 is 5.32 Å². The molecule has 0 radical (unpaired) electrons. The average Bonchev–Trinajstić information content (AvgIpc) is 3.16. The van der Waals surface area contributed by atoms with Crippen molar-refractivity contribution in [1.82, 2.24) is 20.3 Å². The predicted octanol–water partition coefficient (Wildman–Crippen LogP) is 5.22. The van der Waals surface area contributed by atoms with E-state index < -0.39 is 0 Å². The Hall–Kier alpha value is -4.13. The number of pyridine rings is 2. The summed E-state index contributed by atoms with van der Waals surface area (Å²) in [5, 5.41) is 4.42. The Balaban J connectivity index is 1.31. The average molecular weight is 442 g/mol. The molecule has 0 unspecified atom stereocenters. The van der Waals surface area contributed by atoms with E-state index in [1.165, 1.54) is 18.2 Å². The Kier molecular flexibility index (Phi) is 5.30. The SMILES string of the molecule is Cc1c[nH]c2cc(F)c(CNC(=O)c3ccnc(Cc4cnc5ccc(F)cc5c4)c3)cc12. The molecule has 2 aromatic carbocycles. The lowest BCUT2D eigenvalue weighted by Crippen LogP contribution is -2.23. The van der Waals surface area contributed by atoms with Gasteiger partial charge < -0.3 is 10.3 Å². The summed E-state index contributed by atoms with van der Waals surface area (Å²) < 4.78 is 27.9. The Morgan fingerprint density at radius 1 is 1.06 bits per heavy atom. The molecule has 7 heteroatoms. The zero-order valence-electron chi connectivity index (χ0n) is 17.8. The number of carbonyl (C=O) groups excluding carboxylic acids is 1. The van der Waals surface area contributed by atoms with Gasteiger partial charge in [0.25, 0.3) is 5.91 Å². The molecule has 3 heterocycles. The summed E-state index contributed by atoms with van der Waals surface area (Å²) in [6, 6.07) is 12.8. The molecule has 5 rings (SSSR count). The molecule has 0 saturated heterocycles. The maximum atomic E-state index is 14.4. The first-order chi connectivity index (χ1) is 16.0. The monoisotopic (exact) mass is 442 g/mol. The molecule has 5 aromatic rings. The molecule has 164 valence electrons. The Morgan fingerprint density at radius 3 is 2.82 bits per heavy atom. The molecule has 3 aromatic heterocycles. The molecule has 0 aliphatic rings. The van der Waals surface area contributed by atoms with Gasteiger partial charge in [0.15, 0.2) is 0 Å². The van der Waals surface area contributed by atoms with Gasteiger partial charge in [0.2, 0.25) is 0 Å². The van der Waals surface area contributed by atoms with Crippen LogP contribution in [0.1, 0.15) is 32.7 Å². The van der Waals surface area contributed by atoms with E-state index in [9.17, 15) is 13.6 Å². The highest BCUT2D eigenvalue weighted by molar-refractivity contribution is 5.94. The molecule has 0 aliphatic carbocycles. The van der Waals surface area contributed by atoms with E-state index in [0.717, 1.165) is 22.0 Å². The number of H-pyrrole nitrogens is 1. The first kappa shape index (κ1) is 20.8. The summed E-state index contributed by atoms with van der Waals surface area (Å²) in [7, 11) is 0. The Labute approximate surface area is 188 Å². The Morgan fingerprint density at radius 2 is 1.94 bits per heavy atom. The van der Waals surface area contributed by atoms with E-state index in [0.29, 0.717) is 34.1 Å². The number of fused-ring (bicyclic) bond motifs is 2. The van der Waals surface area contributed by atoms with Crippen molar-refractivity contribution in [3.8, 4) is 0 Å². The fraction of sp³-hybridized carbons (Fsp3) is 0.115. The highest BCUT2D eigenvalue weighted by atomic mass is 19.1. The summed E-state index contributed by atoms with van der Waals surface area (Å²) in [5.41, 5.74) is 4.83. The third-order valence-corrected chi connectivity index (χ3v) is 5.66. The number of nitrogens with one attached hydrogen (secondary N) is 2. The minimum atomic E-state index is -0.375. The van der Waals surface area contributed by atoms with Gasteiger partial charge in [-0.1, -0.05) is 0 Å². The molecular weight excluding hydrogens is 422 g/mol. The van der Waals surface area contributed by atoms with Gasteiger partial charge in [-0.2, -0.15) is 0 Å². The fourth-order valence-electron chi connectivity index (χ4n) is 3.91. The van der Waals surface area contributed by atoms with Gasteiger partial charge in [0, 0.05) is 64.7 Å². The van der Waals surface area contributed by atoms with Crippen molar-refractivity contribution in [2.24, 2.45) is 0 Å². The Bertz CT molecular complexity index is 1510. The summed E-state index contributed by atoms with van der Waals surface area (Å²) in [5.74, 6) is -1.01. The quantitative estimate of drug-likeness (QED) is 0.392. The van der Waals surface area contributed by atoms with Crippen molar-refractivity contribution < 1.29 is 13.6 Å². The second kappa shape index (κ2) is 8.43. The number of amides is 1. The number of carbonyl (C=O) groups is 1. The van der Waals surface area contributed by atoms with Crippen molar-refractivity contribution in [3.05, 3.63) is 107 Å². The first-order valence-corrected chi connectivity index (χ1v) is 10.5. The smallest absolute Gasteiger partial charge is 0.251 e. The summed E-state index contributed by atoms with van der Waals surface area (Å²) in [6.45, 7) is 2.02. The molecule has 33 heavy (non-hydrogen) atoms. The van der Waals surface area contributed by atoms with Gasteiger partial charge in [-0.05, 0) is 66.6 Å². The van der Waals surface area contributed by atoms with E-state index in [1.54, 1.807) is 36.7 Å². The summed E-state index contributed by atoms with van der Waals surface area (Å²) in [6.07, 6.45) is 5.55. The number of hydrogen-bond acceptors (Lipinski definition) is 3. The van der Waals surface area contributed by atoms with E-state index in [-0.39, 0.29) is 24.1 Å². The van der Waals surface area contributed by atoms with Gasteiger partial charge in [-0.15, -0.1) is 0 Å². The van der Waals surface area contributed by atoms with Crippen LogP contribution in [0.2, 0.25) is 0 Å². The summed E-state index contributed by atoms with van der Waals surface area (Å²) >= 11 is 0. The molecule has 1 amide bonds. The number of benzene rings is 2. The minimum Gasteiger partial charge on any atom is -0.361 e. The van der Waals surface area contributed by atoms with Gasteiger partial charge in [0.05, 0.1) is 5.52 Å². The number of nitrogens with zero attached hydrogens (tertiary/aromatic N) is 2. The van der Waals surface area contributed by atoms with Gasteiger partial charge >= 0.3 is 0 Å². The molecule has 0 atom stereocenters. The van der Waals surface area contributed by atoms with Crippen molar-refractivity contribution in [2.75, 3.05) is 0 Å². The summed E-state index contributed by atoms with van der Waals surface area (Å²) in [4.78, 5) is 24.4. The second-order valence-electron chi connectivity index (χ2n) is 8.04. The highest BCUT2D eigenvalue weighted by Gasteiger charge is 2.12. The molecule has 0 aliphatic heterocycles. The highest BCUT2D eigenvalue weighted by Crippen LogP contribution is 2.22. The van der Waals surface area contributed by atoms with Crippen LogP contribution >= 0.6 is 0 Å². The van der Waals surface area contributed by atoms with E-state index in [4.69, 9.17) is 0 Å². The molecule has 0 spiro atoms. The van der Waals surface area contributed by atoms with Crippen molar-refractivity contribution in [1.29, 1.82) is 0 Å². The molecule has 0 saturated carbocycles. The fourth-order valence-corrected chi connectivity index (χ4v) is 3.91. The second-order valence-corrected chi connectivity index (χ2v) is 8.04. The number of halogens is 2. The standard InChI is InChI=1S/C26H20F2N4O/c1-15-12-30-25-11-23(28)19(10-22(15)25)14-32-26(33)17-4-5-29-21(9-17)7-16-6-18-8-20(27)2-3-24(18)31-13-16/h2-6,8-13,30H,7,14H2,1H3,(H,32,33). The zero-order chi connectivity index (χ0) is 22.9. The predicted molar refractivity (Wildman–Crippen MR) is 123 cm³/mol. The number of aromatic nitrogens is 3. The number of aryl methyl sites for hydroxylation is 1. The van der Waals surface area contributed by atoms with Crippen LogP contribution in [-0.2, 0) is 13.0 Å². The molecule has 5 nitrogen and oxygen atoms in total. The normalized spacial score (nSPS) is 11.2. The van der Waals surface area contributed by atoms with Crippen LogP contribution in [0.4, 0.5) is 8.78 Å². The van der Waals surface area contributed by atoms with Crippen LogP contribution in [0.25, 0.3) is 21.8 Å². The molecule has 2 N–H and O–H groups in total. The molecule has 0 fully saturated rings. The lowest BCUT2D eigenvalue weighted by Gasteiger charge is -2.09. The number of aromatic amines is 1. The third-order valence-electron chi connectivity index (χ3n) is 5.66. The third kappa shape index (κ3) is 4.30. The maximum Gasteiger partial charge on any atom is 0.251 e. The minimum absolute atomic E-state index is 0.0725. The van der Waals surface area contributed by atoms with Crippen molar-refractivity contribution in [2.45, 2.75) is 19.9 Å². The van der Waals surface area contributed by atoms with E-state index >= 15 is 0 Å². The lowest BCUT2D eigenvalue weighted by atomic mass is 10.1. The topological polar surface area (TPSA) is 70.7 Å². The van der Waals surface area contributed by atoms with Gasteiger partial charge in [-0.3, -0.25) is 14.8 Å². The van der Waals surface area contributed by atoms with Gasteiger partial charge in [-0.25, -0.2) is 8.78 Å². The van der Waals surface area contributed by atoms with Crippen LogP contribution in [0.5, 0.6) is 0 Å². The van der Waals surface area contributed by atoms with Gasteiger partial charge in [0.1, 0.15) is 11.6 Å². The molecular formula is C26H20F2N4O. The maximum absolute atomic E-state index is 14.4.